The first-order chi connectivity index (χ1) is 16.4. The predicted octanol–water partition coefficient (Wildman–Crippen LogP) is 2.82. The van der Waals surface area contributed by atoms with Crippen LogP contribution in [-0.4, -0.2) is 67.0 Å². The summed E-state index contributed by atoms with van der Waals surface area (Å²) in [6, 6.07) is 15.5. The van der Waals surface area contributed by atoms with Crippen LogP contribution in [0.25, 0.3) is 0 Å². The van der Waals surface area contributed by atoms with E-state index in [0.717, 1.165) is 29.8 Å². The second-order valence-corrected chi connectivity index (χ2v) is 9.57. The monoisotopic (exact) mass is 484 g/mol. The lowest BCUT2D eigenvalue weighted by Crippen LogP contribution is -2.49. The second-order valence-electron chi connectivity index (χ2n) is 9.13. The zero-order valence-corrected chi connectivity index (χ0v) is 20.6. The van der Waals surface area contributed by atoms with Gasteiger partial charge in [-0.05, 0) is 55.3 Å². The number of benzene rings is 2. The summed E-state index contributed by atoms with van der Waals surface area (Å²) >= 11 is 6.15. The van der Waals surface area contributed by atoms with Crippen molar-refractivity contribution in [2.75, 3.05) is 27.2 Å². The summed E-state index contributed by atoms with van der Waals surface area (Å²) in [4.78, 5) is 30.0. The maximum Gasteiger partial charge on any atom is 0.239 e. The molecule has 8 heteroatoms. The SMILES string of the molecule is COc1ccc(CNC(=O)CCC2CNC(=O)C3C(CCN3Cc3cccc(Cl)c3)N2C)cc1. The van der Waals surface area contributed by atoms with Crippen LogP contribution >= 0.6 is 11.6 Å². The number of rotatable bonds is 8. The standard InChI is InChI=1S/C26H33ClN4O3/c1-30-21(8-11-24(32)28-15-18-6-9-22(34-2)10-7-18)16-29-26(33)25-23(30)12-13-31(25)17-19-4-3-5-20(27)14-19/h3-7,9-10,14,21,23,25H,8,11-13,15-17H2,1-2H3,(H,28,32)(H,29,33). The first-order valence-electron chi connectivity index (χ1n) is 11.8. The molecule has 2 amide bonds. The van der Waals surface area contributed by atoms with E-state index < -0.39 is 0 Å². The number of ether oxygens (including phenoxy) is 1. The molecule has 0 aromatic heterocycles. The molecule has 2 aromatic carbocycles. The largest absolute Gasteiger partial charge is 0.497 e. The molecule has 0 radical (unpaired) electrons. The van der Waals surface area contributed by atoms with Crippen molar-refractivity contribution >= 4 is 23.4 Å². The number of likely N-dealkylation sites (tertiary alicyclic amines) is 1. The van der Waals surface area contributed by atoms with Gasteiger partial charge in [0.15, 0.2) is 0 Å². The molecule has 2 heterocycles. The molecular formula is C26H33ClN4O3. The van der Waals surface area contributed by atoms with Crippen molar-refractivity contribution in [3.8, 4) is 5.75 Å². The summed E-state index contributed by atoms with van der Waals surface area (Å²) in [5.74, 6) is 0.887. The van der Waals surface area contributed by atoms with Crippen LogP contribution in [0.1, 0.15) is 30.4 Å². The van der Waals surface area contributed by atoms with Gasteiger partial charge in [0.05, 0.1) is 7.11 Å². The number of amides is 2. The van der Waals surface area contributed by atoms with Crippen LogP contribution < -0.4 is 15.4 Å². The Bertz CT molecular complexity index is 1000. The van der Waals surface area contributed by atoms with Crippen LogP contribution in [0.5, 0.6) is 5.75 Å². The minimum absolute atomic E-state index is 0.0188. The third kappa shape index (κ3) is 5.90. The summed E-state index contributed by atoms with van der Waals surface area (Å²) in [5.41, 5.74) is 2.14. The molecule has 4 rings (SSSR count). The first-order valence-corrected chi connectivity index (χ1v) is 12.2. The van der Waals surface area contributed by atoms with Crippen molar-refractivity contribution in [3.63, 3.8) is 0 Å². The van der Waals surface area contributed by atoms with Crippen LogP contribution in [0.4, 0.5) is 0 Å². The van der Waals surface area contributed by atoms with E-state index in [1.54, 1.807) is 7.11 Å². The molecule has 2 N–H and O–H groups in total. The Morgan fingerprint density at radius 2 is 2.00 bits per heavy atom. The van der Waals surface area contributed by atoms with Gasteiger partial charge >= 0.3 is 0 Å². The van der Waals surface area contributed by atoms with Crippen LogP contribution in [0.2, 0.25) is 5.02 Å². The maximum absolute atomic E-state index is 13.0. The lowest BCUT2D eigenvalue weighted by Gasteiger charge is -2.33. The van der Waals surface area contributed by atoms with E-state index in [2.05, 4.69) is 27.5 Å². The van der Waals surface area contributed by atoms with Gasteiger partial charge in [0.2, 0.25) is 11.8 Å². The molecule has 0 aliphatic carbocycles. The number of halogens is 1. The third-order valence-corrected chi connectivity index (χ3v) is 7.21. The topological polar surface area (TPSA) is 73.9 Å². The lowest BCUT2D eigenvalue weighted by molar-refractivity contribution is -0.126. The Hall–Kier alpha value is -2.61. The van der Waals surface area contributed by atoms with Crippen molar-refractivity contribution in [1.82, 2.24) is 20.4 Å². The highest BCUT2D eigenvalue weighted by atomic mass is 35.5. The smallest absolute Gasteiger partial charge is 0.239 e. The molecule has 3 atom stereocenters. The van der Waals surface area contributed by atoms with E-state index in [9.17, 15) is 9.59 Å². The average molecular weight is 485 g/mol. The summed E-state index contributed by atoms with van der Waals surface area (Å²) in [5, 5.41) is 6.83. The fourth-order valence-corrected chi connectivity index (χ4v) is 5.24. The number of likely N-dealkylation sites (N-methyl/N-ethyl adjacent to an activating group) is 1. The molecule has 2 aliphatic heterocycles. The van der Waals surface area contributed by atoms with Gasteiger partial charge in [0, 0.05) is 49.7 Å². The molecule has 2 aromatic rings. The van der Waals surface area contributed by atoms with Crippen molar-refractivity contribution in [2.24, 2.45) is 0 Å². The van der Waals surface area contributed by atoms with E-state index in [1.165, 1.54) is 0 Å². The van der Waals surface area contributed by atoms with Crippen molar-refractivity contribution in [3.05, 3.63) is 64.7 Å². The Balaban J connectivity index is 1.30. The molecule has 2 fully saturated rings. The van der Waals surface area contributed by atoms with Crippen LogP contribution in [0.15, 0.2) is 48.5 Å². The van der Waals surface area contributed by atoms with Gasteiger partial charge in [-0.1, -0.05) is 35.9 Å². The molecule has 2 saturated heterocycles. The molecule has 0 saturated carbocycles. The van der Waals surface area contributed by atoms with Gasteiger partial charge in [-0.25, -0.2) is 0 Å². The predicted molar refractivity (Wildman–Crippen MR) is 133 cm³/mol. The number of nitrogens with one attached hydrogen (secondary N) is 2. The zero-order valence-electron chi connectivity index (χ0n) is 19.8. The Morgan fingerprint density at radius 1 is 1.21 bits per heavy atom. The fraction of sp³-hybridized carbons (Fsp3) is 0.462. The van der Waals surface area contributed by atoms with Gasteiger partial charge in [-0.15, -0.1) is 0 Å². The summed E-state index contributed by atoms with van der Waals surface area (Å²) in [7, 11) is 3.72. The van der Waals surface area contributed by atoms with E-state index in [0.29, 0.717) is 37.5 Å². The highest BCUT2D eigenvalue weighted by Crippen LogP contribution is 2.29. The van der Waals surface area contributed by atoms with Crippen molar-refractivity contribution in [1.29, 1.82) is 0 Å². The number of fused-ring (bicyclic) bond motifs is 1. The Labute approximate surface area is 206 Å². The van der Waals surface area contributed by atoms with Gasteiger partial charge in [0.25, 0.3) is 0 Å². The van der Waals surface area contributed by atoms with Crippen molar-refractivity contribution in [2.45, 2.75) is 50.5 Å². The summed E-state index contributed by atoms with van der Waals surface area (Å²) < 4.78 is 5.17. The normalized spacial score (nSPS) is 23.1. The number of hydrogen-bond acceptors (Lipinski definition) is 5. The molecule has 3 unspecified atom stereocenters. The van der Waals surface area contributed by atoms with Gasteiger partial charge in [0.1, 0.15) is 11.8 Å². The molecule has 7 nitrogen and oxygen atoms in total. The number of nitrogens with zero attached hydrogens (tertiary/aromatic N) is 2. The van der Waals surface area contributed by atoms with E-state index in [4.69, 9.17) is 16.3 Å². The van der Waals surface area contributed by atoms with Crippen LogP contribution in [0, 0.1) is 0 Å². The second kappa shape index (κ2) is 11.2. The summed E-state index contributed by atoms with van der Waals surface area (Å²) in [6.07, 6.45) is 2.04. The first kappa shape index (κ1) is 24.5. The van der Waals surface area contributed by atoms with E-state index in [-0.39, 0.29) is 29.9 Å². The van der Waals surface area contributed by atoms with Gasteiger partial charge < -0.3 is 15.4 Å². The number of methoxy groups -OCH3 is 1. The highest BCUT2D eigenvalue weighted by molar-refractivity contribution is 6.30. The minimum Gasteiger partial charge on any atom is -0.497 e. The Kier molecular flexibility index (Phi) is 8.08. The number of carbonyl (C=O) groups excluding carboxylic acids is 2. The Morgan fingerprint density at radius 3 is 2.74 bits per heavy atom. The van der Waals surface area contributed by atoms with E-state index >= 15 is 0 Å². The van der Waals surface area contributed by atoms with Crippen LogP contribution in [-0.2, 0) is 22.7 Å². The molecular weight excluding hydrogens is 452 g/mol. The number of carbonyl (C=O) groups is 2. The minimum atomic E-state index is -0.196. The molecule has 182 valence electrons. The maximum atomic E-state index is 13.0. The molecule has 34 heavy (non-hydrogen) atoms. The fourth-order valence-electron chi connectivity index (χ4n) is 5.03. The van der Waals surface area contributed by atoms with Gasteiger partial charge in [-0.2, -0.15) is 0 Å². The summed E-state index contributed by atoms with van der Waals surface area (Å²) in [6.45, 7) is 2.60. The van der Waals surface area contributed by atoms with Crippen LogP contribution in [0.3, 0.4) is 0 Å². The van der Waals surface area contributed by atoms with Gasteiger partial charge in [-0.3, -0.25) is 19.4 Å². The lowest BCUT2D eigenvalue weighted by atomic mass is 10.0. The molecule has 2 aliphatic rings. The quantitative estimate of drug-likeness (QED) is 0.602. The molecule has 0 spiro atoms. The van der Waals surface area contributed by atoms with Crippen molar-refractivity contribution < 1.29 is 14.3 Å². The number of hydrogen-bond donors (Lipinski definition) is 2. The highest BCUT2D eigenvalue weighted by Gasteiger charge is 2.44. The zero-order chi connectivity index (χ0) is 24.1. The third-order valence-electron chi connectivity index (χ3n) is 6.98. The van der Waals surface area contributed by atoms with E-state index in [1.807, 2.05) is 48.5 Å². The molecule has 0 bridgehead atoms. The average Bonchev–Trinajstić information content (AvgIpc) is 3.21.